The molecule has 9 nitrogen and oxygen atoms in total. The maximum Gasteiger partial charge on any atom is 0.240 e. The van der Waals surface area contributed by atoms with Crippen LogP contribution < -0.4 is 10.5 Å². The lowest BCUT2D eigenvalue weighted by Gasteiger charge is -2.29. The molecule has 1 aliphatic rings. The van der Waals surface area contributed by atoms with E-state index in [0.717, 1.165) is 22.0 Å². The number of carbonyl (C=O) groups is 1. The molecule has 2 N–H and O–H groups in total. The molecule has 1 aliphatic carbocycles. The monoisotopic (exact) mass is 462 g/mol. The lowest BCUT2D eigenvalue weighted by atomic mass is 9.79. The van der Waals surface area contributed by atoms with Crippen LogP contribution in [0.25, 0.3) is 22.1 Å². The number of hydrogen-bond donors (Lipinski definition) is 1. The van der Waals surface area contributed by atoms with Gasteiger partial charge in [0.1, 0.15) is 19.4 Å². The molecule has 0 aliphatic heterocycles. The van der Waals surface area contributed by atoms with Crippen LogP contribution in [0.5, 0.6) is 5.88 Å². The van der Waals surface area contributed by atoms with E-state index in [1.54, 1.807) is 6.20 Å². The van der Waals surface area contributed by atoms with Gasteiger partial charge in [0.05, 0.1) is 11.4 Å². The maximum atomic E-state index is 13.1. The summed E-state index contributed by atoms with van der Waals surface area (Å²) in [5.41, 5.74) is 8.48. The number of carbonyl (C=O) groups excluding carboxylic acids is 1. The molecule has 0 spiro atoms. The van der Waals surface area contributed by atoms with Crippen molar-refractivity contribution >= 4 is 27.9 Å². The second-order valence-corrected chi connectivity index (χ2v) is 8.25. The first kappa shape index (κ1) is 21.9. The molecule has 0 radical (unpaired) electrons. The number of methoxy groups -OCH3 is 1. The van der Waals surface area contributed by atoms with E-state index < -0.39 is 6.17 Å². The zero-order valence-corrected chi connectivity index (χ0v) is 18.5. The molecule has 3 aromatic heterocycles. The fraction of sp³-hybridized carbons (Fsp3) is 0.292. The van der Waals surface area contributed by atoms with Gasteiger partial charge in [0.2, 0.25) is 11.7 Å². The second kappa shape index (κ2) is 9.14. The zero-order chi connectivity index (χ0) is 23.7. The Balaban J connectivity index is 1.44. The first-order chi connectivity index (χ1) is 16.5. The Morgan fingerprint density at radius 1 is 1.21 bits per heavy atom. The van der Waals surface area contributed by atoms with Crippen molar-refractivity contribution in [1.82, 2.24) is 24.8 Å². The number of hydrogen-bond acceptors (Lipinski definition) is 8. The van der Waals surface area contributed by atoms with Crippen molar-refractivity contribution in [1.29, 1.82) is 0 Å². The summed E-state index contributed by atoms with van der Waals surface area (Å²) in [7, 11) is 1.43. The average Bonchev–Trinajstić information content (AvgIpc) is 3.25. The number of fused-ring (bicyclic) bond motifs is 3. The van der Waals surface area contributed by atoms with Gasteiger partial charge < -0.3 is 15.2 Å². The third kappa shape index (κ3) is 4.19. The molecule has 0 saturated heterocycles. The molecule has 1 fully saturated rings. The van der Waals surface area contributed by atoms with E-state index in [9.17, 15) is 9.18 Å². The van der Waals surface area contributed by atoms with Crippen molar-refractivity contribution in [2.24, 2.45) is 5.73 Å². The number of pyridine rings is 1. The van der Waals surface area contributed by atoms with E-state index in [2.05, 4.69) is 20.3 Å². The predicted octanol–water partition coefficient (Wildman–Crippen LogP) is 2.98. The number of nitrogens with zero attached hydrogens (tertiary/aromatic N) is 5. The van der Waals surface area contributed by atoms with E-state index in [0.29, 0.717) is 24.4 Å². The molecule has 3 heterocycles. The van der Waals surface area contributed by atoms with E-state index in [-0.39, 0.29) is 36.4 Å². The van der Waals surface area contributed by atoms with Gasteiger partial charge in [-0.25, -0.2) is 4.39 Å². The van der Waals surface area contributed by atoms with Crippen LogP contribution in [0.15, 0.2) is 48.7 Å². The lowest BCUT2D eigenvalue weighted by Crippen LogP contribution is -2.22. The highest BCUT2D eigenvalue weighted by atomic mass is 19.1. The van der Waals surface area contributed by atoms with Crippen LogP contribution in [-0.2, 0) is 16.1 Å². The summed E-state index contributed by atoms with van der Waals surface area (Å²) < 4.78 is 25.5. The lowest BCUT2D eigenvalue weighted by molar-refractivity contribution is -0.117. The Morgan fingerprint density at radius 2 is 2.00 bits per heavy atom. The molecule has 0 atom stereocenters. The van der Waals surface area contributed by atoms with Crippen molar-refractivity contribution in [3.8, 4) is 5.88 Å². The smallest absolute Gasteiger partial charge is 0.240 e. The summed E-state index contributed by atoms with van der Waals surface area (Å²) in [6, 6.07) is 11.4. The van der Waals surface area contributed by atoms with Gasteiger partial charge in [-0.15, -0.1) is 15.3 Å². The molecule has 174 valence electrons. The summed E-state index contributed by atoms with van der Waals surface area (Å²) in [5, 5.41) is 14.4. The van der Waals surface area contributed by atoms with E-state index in [4.69, 9.17) is 15.2 Å². The normalized spacial score (nSPS) is 18.2. The Bertz CT molecular complexity index is 1380. The number of rotatable bonds is 8. The number of halogens is 1. The quantitative estimate of drug-likeness (QED) is 0.397. The molecule has 0 amide bonds. The summed E-state index contributed by atoms with van der Waals surface area (Å²) in [4.78, 5) is 16.4. The zero-order valence-electron chi connectivity index (χ0n) is 18.5. The van der Waals surface area contributed by atoms with Crippen LogP contribution in [0, 0.1) is 0 Å². The number of aromatic nitrogens is 5. The maximum absolute atomic E-state index is 13.1. The number of nitrogens with two attached hydrogens (primary N) is 1. The Labute approximate surface area is 194 Å². The number of benzene rings is 1. The minimum absolute atomic E-state index is 0.0942. The fourth-order valence-corrected chi connectivity index (χ4v) is 3.99. The summed E-state index contributed by atoms with van der Waals surface area (Å²) in [5.74, 6) is 0.522. The van der Waals surface area contributed by atoms with Crippen LogP contribution in [0.2, 0.25) is 0 Å². The first-order valence-electron chi connectivity index (χ1n) is 10.9. The van der Waals surface area contributed by atoms with E-state index in [1.165, 1.54) is 17.7 Å². The minimum Gasteiger partial charge on any atom is -0.470 e. The summed E-state index contributed by atoms with van der Waals surface area (Å²) in [6.45, 7) is 0.0946. The van der Waals surface area contributed by atoms with Crippen LogP contribution in [0.3, 0.4) is 0 Å². The minimum atomic E-state index is -0.702. The molecule has 34 heavy (non-hydrogen) atoms. The van der Waals surface area contributed by atoms with Crippen LogP contribution >= 0.6 is 0 Å². The third-order valence-electron chi connectivity index (χ3n) is 5.85. The van der Waals surface area contributed by atoms with Gasteiger partial charge in [0.15, 0.2) is 11.4 Å². The molecule has 1 saturated carbocycles. The fourth-order valence-electron chi connectivity index (χ4n) is 3.99. The van der Waals surface area contributed by atoms with Crippen molar-refractivity contribution in [2.75, 3.05) is 13.7 Å². The molecule has 0 bridgehead atoms. The summed E-state index contributed by atoms with van der Waals surface area (Å²) >= 11 is 0. The van der Waals surface area contributed by atoms with Gasteiger partial charge in [0.25, 0.3) is 0 Å². The average molecular weight is 462 g/mol. The Kier molecular flexibility index (Phi) is 5.89. The number of alkyl halides is 1. The predicted molar refractivity (Wildman–Crippen MR) is 123 cm³/mol. The first-order valence-corrected chi connectivity index (χ1v) is 10.9. The van der Waals surface area contributed by atoms with Crippen molar-refractivity contribution in [3.63, 3.8) is 0 Å². The van der Waals surface area contributed by atoms with Gasteiger partial charge in [-0.2, -0.15) is 4.52 Å². The molecule has 10 heteroatoms. The van der Waals surface area contributed by atoms with Gasteiger partial charge in [0, 0.05) is 30.2 Å². The van der Waals surface area contributed by atoms with Crippen molar-refractivity contribution < 1.29 is 18.7 Å². The van der Waals surface area contributed by atoms with Gasteiger partial charge in [-0.1, -0.05) is 24.3 Å². The van der Waals surface area contributed by atoms with Crippen LogP contribution in [-0.4, -0.2) is 50.5 Å². The second-order valence-electron chi connectivity index (χ2n) is 8.25. The molecule has 0 unspecified atom stereocenters. The molecule has 1 aromatic carbocycles. The standard InChI is InChI=1S/C24H23FN6O3/c1-33-13-18(32)10-21(26)23-29-28-22-19-4-2-3-5-20(19)24(30-31(22)23)34-12-17-7-6-14(11-27-17)15-8-16(25)9-15/h2-7,10-11,15-16H,8-9,12-13,26H2,1H3. The topological polar surface area (TPSA) is 118 Å². The molecule has 4 aromatic rings. The largest absolute Gasteiger partial charge is 0.470 e. The Hall–Kier alpha value is -3.92. The van der Waals surface area contributed by atoms with E-state index >= 15 is 0 Å². The number of ether oxygens (including phenoxy) is 2. The van der Waals surface area contributed by atoms with Crippen molar-refractivity contribution in [3.05, 3.63) is 65.8 Å². The van der Waals surface area contributed by atoms with Crippen molar-refractivity contribution in [2.45, 2.75) is 31.5 Å². The third-order valence-corrected chi connectivity index (χ3v) is 5.85. The molecule has 5 rings (SSSR count). The van der Waals surface area contributed by atoms with Gasteiger partial charge >= 0.3 is 0 Å². The highest BCUT2D eigenvalue weighted by molar-refractivity contribution is 5.98. The van der Waals surface area contributed by atoms with Crippen LogP contribution in [0.4, 0.5) is 4.39 Å². The van der Waals surface area contributed by atoms with Gasteiger partial charge in [-0.3, -0.25) is 9.78 Å². The Morgan fingerprint density at radius 3 is 2.71 bits per heavy atom. The summed E-state index contributed by atoms with van der Waals surface area (Å²) in [6.07, 6.45) is 3.44. The molecular weight excluding hydrogens is 439 g/mol. The van der Waals surface area contributed by atoms with Gasteiger partial charge in [-0.05, 0) is 36.5 Å². The SMILES string of the molecule is COCC(=O)C=C(N)c1nnc2c3ccccc3c(OCc3ccc(C4CC(F)C4)cn3)nn12. The highest BCUT2D eigenvalue weighted by Gasteiger charge is 2.30. The highest BCUT2D eigenvalue weighted by Crippen LogP contribution is 2.38. The number of ketones is 1. The molecular formula is C24H23FN6O3. The van der Waals surface area contributed by atoms with Crippen LogP contribution in [0.1, 0.15) is 35.8 Å². The van der Waals surface area contributed by atoms with E-state index in [1.807, 2.05) is 36.4 Å².